The number of hydrogen-bond acceptors (Lipinski definition) is 4. The first-order valence-corrected chi connectivity index (χ1v) is 12.5. The number of nitrogens with zero attached hydrogens (tertiary/aromatic N) is 2. The average molecular weight is 469 g/mol. The van der Waals surface area contributed by atoms with E-state index in [0.29, 0.717) is 20.9 Å². The Kier molecular flexibility index (Phi) is 5.68. The van der Waals surface area contributed by atoms with Gasteiger partial charge in [-0.1, -0.05) is 70.9 Å². The van der Waals surface area contributed by atoms with Crippen LogP contribution in [0.15, 0.2) is 47.5 Å². The fraction of sp³-hybridized carbons (Fsp3) is 0.300. The van der Waals surface area contributed by atoms with Crippen molar-refractivity contribution in [1.82, 2.24) is 0 Å². The molecule has 0 spiro atoms. The zero-order valence-electron chi connectivity index (χ0n) is 15.5. The van der Waals surface area contributed by atoms with Crippen LogP contribution in [-0.2, 0) is 21.1 Å². The Hall–Kier alpha value is -1.54. The highest BCUT2D eigenvalue weighted by atomic mass is 35.5. The van der Waals surface area contributed by atoms with Gasteiger partial charge in [0.1, 0.15) is 0 Å². The van der Waals surface area contributed by atoms with E-state index in [1.165, 1.54) is 11.8 Å². The third kappa shape index (κ3) is 4.33. The van der Waals surface area contributed by atoms with E-state index >= 15 is 0 Å². The van der Waals surface area contributed by atoms with Crippen LogP contribution in [0.3, 0.4) is 0 Å². The summed E-state index contributed by atoms with van der Waals surface area (Å²) in [4.78, 5) is 18.7. The van der Waals surface area contributed by atoms with Crippen LogP contribution in [0.5, 0.6) is 0 Å². The lowest BCUT2D eigenvalue weighted by molar-refractivity contribution is -0.117. The van der Waals surface area contributed by atoms with Crippen LogP contribution in [0.25, 0.3) is 0 Å². The maximum absolute atomic E-state index is 12.6. The molecule has 4 rings (SSSR count). The summed E-state index contributed by atoms with van der Waals surface area (Å²) in [5.74, 6) is -0.233. The van der Waals surface area contributed by atoms with Crippen molar-refractivity contribution in [1.29, 1.82) is 0 Å². The fourth-order valence-electron chi connectivity index (χ4n) is 3.55. The Morgan fingerprint density at radius 1 is 1.17 bits per heavy atom. The van der Waals surface area contributed by atoms with Gasteiger partial charge >= 0.3 is 0 Å². The quantitative estimate of drug-likeness (QED) is 0.676. The molecule has 2 aliphatic rings. The van der Waals surface area contributed by atoms with E-state index in [-0.39, 0.29) is 35.1 Å². The fourth-order valence-corrected chi connectivity index (χ4v) is 7.86. The summed E-state index contributed by atoms with van der Waals surface area (Å²) in [6, 6.07) is 12.6. The number of hydrogen-bond donors (Lipinski definition) is 0. The number of aryl methyl sites for hydroxylation is 1. The van der Waals surface area contributed by atoms with Crippen molar-refractivity contribution in [3.63, 3.8) is 0 Å². The van der Waals surface area contributed by atoms with Gasteiger partial charge in [-0.05, 0) is 24.6 Å². The molecule has 2 heterocycles. The first-order chi connectivity index (χ1) is 13.7. The van der Waals surface area contributed by atoms with Crippen LogP contribution in [0.4, 0.5) is 5.69 Å². The van der Waals surface area contributed by atoms with Gasteiger partial charge in [-0.3, -0.25) is 4.79 Å². The molecule has 2 fully saturated rings. The molecule has 1 amide bonds. The molecule has 0 radical (unpaired) electrons. The highest BCUT2D eigenvalue weighted by molar-refractivity contribution is 8.16. The summed E-state index contributed by atoms with van der Waals surface area (Å²) >= 11 is 13.9. The second kappa shape index (κ2) is 7.95. The van der Waals surface area contributed by atoms with Crippen molar-refractivity contribution in [2.24, 2.45) is 4.99 Å². The number of carbonyl (C=O) groups excluding carboxylic acids is 1. The molecule has 152 valence electrons. The Balaban J connectivity index is 1.67. The van der Waals surface area contributed by atoms with Gasteiger partial charge in [-0.25, -0.2) is 8.42 Å². The van der Waals surface area contributed by atoms with E-state index in [1.807, 2.05) is 31.2 Å². The molecule has 0 N–H and O–H groups in total. The van der Waals surface area contributed by atoms with Crippen LogP contribution in [0.1, 0.15) is 11.1 Å². The molecular weight excluding hydrogens is 451 g/mol. The Labute approximate surface area is 184 Å². The summed E-state index contributed by atoms with van der Waals surface area (Å²) in [6.07, 6.45) is 0.176. The summed E-state index contributed by atoms with van der Waals surface area (Å²) in [7, 11) is -3.15. The normalized spacial score (nSPS) is 24.1. The molecule has 0 unspecified atom stereocenters. The molecule has 0 aromatic heterocycles. The van der Waals surface area contributed by atoms with Crippen molar-refractivity contribution in [2.45, 2.75) is 24.6 Å². The van der Waals surface area contributed by atoms with Crippen LogP contribution < -0.4 is 4.90 Å². The number of anilines is 1. The van der Waals surface area contributed by atoms with Gasteiger partial charge in [0.25, 0.3) is 5.91 Å². The molecule has 0 bridgehead atoms. The van der Waals surface area contributed by atoms with E-state index in [9.17, 15) is 13.2 Å². The van der Waals surface area contributed by atoms with Crippen molar-refractivity contribution >= 4 is 61.6 Å². The van der Waals surface area contributed by atoms with Crippen molar-refractivity contribution < 1.29 is 13.2 Å². The number of benzene rings is 2. The first-order valence-electron chi connectivity index (χ1n) is 9.01. The topological polar surface area (TPSA) is 66.8 Å². The van der Waals surface area contributed by atoms with Gasteiger partial charge in [0.2, 0.25) is 0 Å². The lowest BCUT2D eigenvalue weighted by Crippen LogP contribution is -2.38. The number of sulfone groups is 1. The maximum Gasteiger partial charge on any atom is 0.252 e. The smallest absolute Gasteiger partial charge is 0.252 e. The predicted molar refractivity (Wildman–Crippen MR) is 120 cm³/mol. The molecule has 0 aliphatic carbocycles. The van der Waals surface area contributed by atoms with Crippen molar-refractivity contribution in [3.8, 4) is 0 Å². The average Bonchev–Trinajstić information content (AvgIpc) is 3.10. The minimum atomic E-state index is -3.15. The third-order valence-electron chi connectivity index (χ3n) is 4.95. The number of rotatable bonds is 3. The number of amides is 1. The molecule has 2 aromatic rings. The lowest BCUT2D eigenvalue weighted by atomic mass is 10.1. The summed E-state index contributed by atoms with van der Waals surface area (Å²) in [5.41, 5.74) is 2.57. The zero-order valence-corrected chi connectivity index (χ0v) is 18.7. The summed E-state index contributed by atoms with van der Waals surface area (Å²) < 4.78 is 24.3. The minimum absolute atomic E-state index is 0.00131. The number of carbonyl (C=O) groups is 1. The Bertz CT molecular complexity index is 1100. The van der Waals surface area contributed by atoms with E-state index in [0.717, 1.165) is 11.1 Å². The molecule has 2 atom stereocenters. The lowest BCUT2D eigenvalue weighted by Gasteiger charge is -2.25. The second-order valence-corrected chi connectivity index (χ2v) is 11.3. The molecular formula is C20H18Cl2N2O3S2. The van der Waals surface area contributed by atoms with Crippen LogP contribution in [0, 0.1) is 6.92 Å². The van der Waals surface area contributed by atoms with Crippen LogP contribution in [0.2, 0.25) is 10.0 Å². The van der Waals surface area contributed by atoms with Gasteiger partial charge in [0.05, 0.1) is 39.7 Å². The Morgan fingerprint density at radius 2 is 1.90 bits per heavy atom. The molecule has 2 aliphatic heterocycles. The molecule has 9 heteroatoms. The van der Waals surface area contributed by atoms with Gasteiger partial charge in [-0.2, -0.15) is 4.99 Å². The molecule has 0 saturated carbocycles. The standard InChI is InChI=1S/C20H18Cl2N2O3S2/c1-12-5-7-13(8-6-12)9-18(25)23-20-24(15-4-2-3-14(21)19(15)22)16-10-29(26,27)11-17(16)28-20/h2-8,16-17H,9-11H2,1H3/t16-,17-/m0/s1. The van der Waals surface area contributed by atoms with E-state index < -0.39 is 9.84 Å². The van der Waals surface area contributed by atoms with E-state index in [4.69, 9.17) is 23.2 Å². The first kappa shape index (κ1) is 20.7. The van der Waals surface area contributed by atoms with Crippen molar-refractivity contribution in [3.05, 3.63) is 63.6 Å². The van der Waals surface area contributed by atoms with Crippen LogP contribution >= 0.6 is 35.0 Å². The number of fused-ring (bicyclic) bond motifs is 1. The summed E-state index contributed by atoms with van der Waals surface area (Å²) in [5, 5.41) is 0.958. The monoisotopic (exact) mass is 468 g/mol. The van der Waals surface area contributed by atoms with E-state index in [2.05, 4.69) is 4.99 Å². The van der Waals surface area contributed by atoms with Gasteiger partial charge in [-0.15, -0.1) is 0 Å². The van der Waals surface area contributed by atoms with Crippen molar-refractivity contribution in [2.75, 3.05) is 16.4 Å². The highest BCUT2D eigenvalue weighted by Crippen LogP contribution is 2.44. The highest BCUT2D eigenvalue weighted by Gasteiger charge is 2.49. The van der Waals surface area contributed by atoms with Gasteiger partial charge in [0, 0.05) is 5.25 Å². The predicted octanol–water partition coefficient (Wildman–Crippen LogP) is 4.15. The van der Waals surface area contributed by atoms with Gasteiger partial charge in [0.15, 0.2) is 15.0 Å². The molecule has 2 aromatic carbocycles. The third-order valence-corrected chi connectivity index (χ3v) is 8.97. The Morgan fingerprint density at radius 3 is 2.62 bits per heavy atom. The number of amidine groups is 1. The number of aliphatic imine (C=N–C) groups is 1. The van der Waals surface area contributed by atoms with Crippen LogP contribution in [-0.4, -0.2) is 42.3 Å². The van der Waals surface area contributed by atoms with Gasteiger partial charge < -0.3 is 4.90 Å². The van der Waals surface area contributed by atoms with E-state index in [1.54, 1.807) is 23.1 Å². The molecule has 5 nitrogen and oxygen atoms in total. The maximum atomic E-state index is 12.6. The number of thioether (sulfide) groups is 1. The minimum Gasteiger partial charge on any atom is -0.314 e. The molecule has 29 heavy (non-hydrogen) atoms. The SMILES string of the molecule is Cc1ccc(CC(=O)N=C2S[C@H]3CS(=O)(=O)C[C@@H]3N2c2cccc(Cl)c2Cl)cc1. The zero-order chi connectivity index (χ0) is 20.8. The molecule has 2 saturated heterocycles. The summed E-state index contributed by atoms with van der Waals surface area (Å²) in [6.45, 7) is 1.99. The second-order valence-electron chi connectivity index (χ2n) is 7.19. The number of halogens is 2. The largest absolute Gasteiger partial charge is 0.314 e.